The minimum Gasteiger partial charge on any atom is -0.497 e. The van der Waals surface area contributed by atoms with E-state index in [0.717, 1.165) is 23.4 Å². The molecular weight excluding hydrogens is 469 g/mol. The fourth-order valence-corrected chi connectivity index (χ4v) is 2.40. The summed E-state index contributed by atoms with van der Waals surface area (Å²) in [6.07, 6.45) is 2.49. The molecule has 0 aliphatic heterocycles. The number of amides is 1. The van der Waals surface area contributed by atoms with Crippen molar-refractivity contribution in [3.05, 3.63) is 59.9 Å². The van der Waals surface area contributed by atoms with Crippen molar-refractivity contribution in [3.8, 4) is 5.75 Å². The van der Waals surface area contributed by atoms with Gasteiger partial charge in [0.05, 0.1) is 13.7 Å². The highest BCUT2D eigenvalue weighted by Crippen LogP contribution is 2.10. The Morgan fingerprint density at radius 1 is 1.18 bits per heavy atom. The molecule has 1 aromatic carbocycles. The molecule has 0 aliphatic carbocycles. The van der Waals surface area contributed by atoms with Gasteiger partial charge in [-0.25, -0.2) is 0 Å². The molecule has 0 saturated heterocycles. The van der Waals surface area contributed by atoms with Gasteiger partial charge in [-0.2, -0.15) is 0 Å². The van der Waals surface area contributed by atoms with Crippen LogP contribution in [0.5, 0.6) is 5.75 Å². The lowest BCUT2D eigenvalue weighted by atomic mass is 10.2. The molecule has 28 heavy (non-hydrogen) atoms. The number of rotatable bonds is 8. The molecule has 0 spiro atoms. The molecule has 0 fully saturated rings. The summed E-state index contributed by atoms with van der Waals surface area (Å²) in [5.74, 6) is 1.40. The molecule has 2 N–H and O–H groups in total. The second-order valence-corrected chi connectivity index (χ2v) is 6.01. The molecule has 0 aliphatic rings. The lowest BCUT2D eigenvalue weighted by Crippen LogP contribution is -2.43. The highest BCUT2D eigenvalue weighted by Gasteiger charge is 2.10. The van der Waals surface area contributed by atoms with Gasteiger partial charge in [0.2, 0.25) is 5.91 Å². The van der Waals surface area contributed by atoms with E-state index in [4.69, 9.17) is 4.74 Å². The quantitative estimate of drug-likeness (QED) is 0.332. The number of hydrogen-bond donors (Lipinski definition) is 2. The number of methoxy groups -OCH3 is 1. The summed E-state index contributed by atoms with van der Waals surface area (Å²) in [5.41, 5.74) is 2.07. The van der Waals surface area contributed by atoms with Crippen LogP contribution in [0.2, 0.25) is 0 Å². The number of hydrogen-bond acceptors (Lipinski definition) is 4. The maximum absolute atomic E-state index is 12.3. The topological polar surface area (TPSA) is 78.9 Å². The van der Waals surface area contributed by atoms with Gasteiger partial charge >= 0.3 is 0 Å². The first-order chi connectivity index (χ1) is 13.1. The summed E-state index contributed by atoms with van der Waals surface area (Å²) in [5, 5.41) is 6.24. The van der Waals surface area contributed by atoms with Gasteiger partial charge in [0, 0.05) is 45.5 Å². The number of likely N-dealkylation sites (N-methyl/N-ethyl adjacent to an activating group) is 1. The molecule has 1 aromatic heterocycles. The van der Waals surface area contributed by atoms with Crippen LogP contribution in [0.3, 0.4) is 0 Å². The Balaban J connectivity index is 0.00000392. The summed E-state index contributed by atoms with van der Waals surface area (Å²) in [4.78, 5) is 22.4. The Labute approximate surface area is 183 Å². The normalized spacial score (nSPS) is 10.6. The number of pyridine rings is 1. The first-order valence-electron chi connectivity index (χ1n) is 8.83. The number of carbonyl (C=O) groups excluding carboxylic acids is 1. The Hall–Kier alpha value is -2.36. The van der Waals surface area contributed by atoms with Crippen LogP contribution >= 0.6 is 24.0 Å². The highest BCUT2D eigenvalue weighted by molar-refractivity contribution is 14.0. The zero-order valence-corrected chi connectivity index (χ0v) is 18.8. The molecule has 8 heteroatoms. The number of nitrogens with zero attached hydrogens (tertiary/aromatic N) is 3. The van der Waals surface area contributed by atoms with Crippen molar-refractivity contribution in [1.82, 2.24) is 20.5 Å². The minimum absolute atomic E-state index is 0. The molecular formula is C20H28IN5O2. The number of aromatic nitrogens is 1. The van der Waals surface area contributed by atoms with E-state index in [1.165, 1.54) is 0 Å². The second-order valence-electron chi connectivity index (χ2n) is 6.01. The van der Waals surface area contributed by atoms with Crippen LogP contribution in [0.4, 0.5) is 0 Å². The number of ether oxygens (including phenoxy) is 1. The van der Waals surface area contributed by atoms with Crippen LogP contribution in [0.1, 0.15) is 11.3 Å². The zero-order chi connectivity index (χ0) is 19.5. The van der Waals surface area contributed by atoms with Gasteiger partial charge in [-0.1, -0.05) is 18.2 Å². The van der Waals surface area contributed by atoms with E-state index in [1.54, 1.807) is 32.3 Å². The number of benzene rings is 1. The summed E-state index contributed by atoms with van der Waals surface area (Å²) >= 11 is 0. The predicted octanol–water partition coefficient (Wildman–Crippen LogP) is 2.07. The number of aliphatic imine (C=N–C) groups is 1. The number of halogens is 1. The first kappa shape index (κ1) is 23.7. The van der Waals surface area contributed by atoms with Crippen molar-refractivity contribution < 1.29 is 9.53 Å². The Morgan fingerprint density at radius 2 is 1.93 bits per heavy atom. The molecule has 1 heterocycles. The van der Waals surface area contributed by atoms with Crippen LogP contribution < -0.4 is 15.4 Å². The van der Waals surface area contributed by atoms with E-state index in [0.29, 0.717) is 19.0 Å². The summed E-state index contributed by atoms with van der Waals surface area (Å²) in [6.45, 7) is 1.41. The largest absolute Gasteiger partial charge is 0.497 e. The van der Waals surface area contributed by atoms with Crippen molar-refractivity contribution in [2.24, 2.45) is 4.99 Å². The van der Waals surface area contributed by atoms with Crippen molar-refractivity contribution in [3.63, 3.8) is 0 Å². The third-order valence-electron chi connectivity index (χ3n) is 4.10. The first-order valence-corrected chi connectivity index (χ1v) is 8.83. The third-order valence-corrected chi connectivity index (χ3v) is 4.10. The van der Waals surface area contributed by atoms with Crippen molar-refractivity contribution in [2.75, 3.05) is 34.3 Å². The fraction of sp³-hybridized carbons (Fsp3) is 0.350. The van der Waals surface area contributed by atoms with Crippen molar-refractivity contribution >= 4 is 35.8 Å². The molecule has 2 aromatic rings. The molecule has 0 saturated carbocycles. The molecule has 152 valence electrons. The molecule has 2 rings (SSSR count). The van der Waals surface area contributed by atoms with Gasteiger partial charge < -0.3 is 20.3 Å². The molecule has 0 atom stereocenters. The monoisotopic (exact) mass is 497 g/mol. The Kier molecular flexibility index (Phi) is 10.9. The van der Waals surface area contributed by atoms with Crippen LogP contribution in [0, 0.1) is 0 Å². The average Bonchev–Trinajstić information content (AvgIpc) is 2.73. The molecule has 0 bridgehead atoms. The van der Waals surface area contributed by atoms with E-state index in [1.807, 2.05) is 42.5 Å². The van der Waals surface area contributed by atoms with Crippen molar-refractivity contribution in [2.45, 2.75) is 13.0 Å². The van der Waals surface area contributed by atoms with E-state index >= 15 is 0 Å². The summed E-state index contributed by atoms with van der Waals surface area (Å²) in [6, 6.07) is 13.6. The smallest absolute Gasteiger partial charge is 0.241 e. The maximum Gasteiger partial charge on any atom is 0.241 e. The molecule has 7 nitrogen and oxygen atoms in total. The lowest BCUT2D eigenvalue weighted by molar-refractivity contribution is -0.128. The summed E-state index contributed by atoms with van der Waals surface area (Å²) < 4.78 is 5.15. The van der Waals surface area contributed by atoms with E-state index < -0.39 is 0 Å². The molecule has 1 amide bonds. The van der Waals surface area contributed by atoms with Crippen LogP contribution in [-0.2, 0) is 17.8 Å². The molecule has 0 unspecified atom stereocenters. The predicted molar refractivity (Wildman–Crippen MR) is 122 cm³/mol. The Morgan fingerprint density at radius 3 is 2.54 bits per heavy atom. The van der Waals surface area contributed by atoms with Gasteiger partial charge in [0.1, 0.15) is 5.75 Å². The van der Waals surface area contributed by atoms with E-state index in [9.17, 15) is 4.79 Å². The molecule has 0 radical (unpaired) electrons. The van der Waals surface area contributed by atoms with Gasteiger partial charge in [-0.15, -0.1) is 24.0 Å². The van der Waals surface area contributed by atoms with Crippen molar-refractivity contribution in [1.29, 1.82) is 0 Å². The highest BCUT2D eigenvalue weighted by atomic mass is 127. The standard InChI is InChI=1S/C20H27N5O2.HI/c1-21-20(23-14-16-7-9-18(27-3)10-8-16)24-15-19(26)25(2)13-11-17-6-4-5-12-22-17;/h4-10,12H,11,13-15H2,1-3H3,(H2,21,23,24);1H. The fourth-order valence-electron chi connectivity index (χ4n) is 2.40. The minimum atomic E-state index is -0.00155. The van der Waals surface area contributed by atoms with E-state index in [-0.39, 0.29) is 36.4 Å². The van der Waals surface area contributed by atoms with E-state index in [2.05, 4.69) is 20.6 Å². The Bertz CT molecular complexity index is 738. The van der Waals surface area contributed by atoms with Gasteiger partial charge in [0.15, 0.2) is 5.96 Å². The van der Waals surface area contributed by atoms with Gasteiger partial charge in [-0.3, -0.25) is 14.8 Å². The number of nitrogens with one attached hydrogen (secondary N) is 2. The van der Waals surface area contributed by atoms with Crippen LogP contribution in [0.25, 0.3) is 0 Å². The lowest BCUT2D eigenvalue weighted by Gasteiger charge is -2.18. The number of carbonyl (C=O) groups is 1. The van der Waals surface area contributed by atoms with Crippen LogP contribution in [-0.4, -0.2) is 56.0 Å². The maximum atomic E-state index is 12.3. The second kappa shape index (κ2) is 12.9. The SMILES string of the molecule is CN=C(NCC(=O)N(C)CCc1ccccn1)NCc1ccc(OC)cc1.I. The zero-order valence-electron chi connectivity index (χ0n) is 16.5. The van der Waals surface area contributed by atoms with Crippen LogP contribution in [0.15, 0.2) is 53.7 Å². The summed E-state index contributed by atoms with van der Waals surface area (Å²) in [7, 11) is 5.11. The average molecular weight is 497 g/mol. The van der Waals surface area contributed by atoms with Gasteiger partial charge in [0.25, 0.3) is 0 Å². The van der Waals surface area contributed by atoms with Gasteiger partial charge in [-0.05, 0) is 29.8 Å². The number of guanidine groups is 1. The third kappa shape index (κ3) is 8.12.